The van der Waals surface area contributed by atoms with Gasteiger partial charge >= 0.3 is 0 Å². The molecule has 2 aromatic rings. The van der Waals surface area contributed by atoms with Gasteiger partial charge in [-0.15, -0.1) is 0 Å². The second-order valence-corrected chi connectivity index (χ2v) is 6.03. The van der Waals surface area contributed by atoms with E-state index in [0.717, 1.165) is 37.1 Å². The summed E-state index contributed by atoms with van der Waals surface area (Å²) < 4.78 is 6.90. The summed E-state index contributed by atoms with van der Waals surface area (Å²) in [4.78, 5) is 14.5. The molecule has 0 aliphatic carbocycles. The Hall–Kier alpha value is -1.82. The minimum absolute atomic E-state index is 0.0556. The van der Waals surface area contributed by atoms with Gasteiger partial charge in [0.25, 0.3) is 5.91 Å². The molecule has 2 aromatic heterocycles. The zero-order valence-corrected chi connectivity index (χ0v) is 13.5. The maximum Gasteiger partial charge on any atom is 0.276 e. The van der Waals surface area contributed by atoms with Gasteiger partial charge in [-0.2, -0.15) is 5.10 Å². The lowest BCUT2D eigenvalue weighted by atomic mass is 10.1. The van der Waals surface area contributed by atoms with Crippen molar-refractivity contribution in [3.05, 3.63) is 34.4 Å². The van der Waals surface area contributed by atoms with Gasteiger partial charge in [0, 0.05) is 32.3 Å². The van der Waals surface area contributed by atoms with Crippen LogP contribution in [0.2, 0.25) is 5.02 Å². The van der Waals surface area contributed by atoms with Crippen LogP contribution < -0.4 is 0 Å². The first-order valence-electron chi connectivity index (χ1n) is 7.55. The number of likely N-dealkylation sites (tertiary alicyclic amines) is 1. The molecule has 3 heterocycles. The van der Waals surface area contributed by atoms with Crippen molar-refractivity contribution in [3.63, 3.8) is 0 Å². The van der Waals surface area contributed by atoms with Crippen LogP contribution in [0.1, 0.15) is 54.2 Å². The molecule has 0 spiro atoms. The Morgan fingerprint density at radius 2 is 2.36 bits per heavy atom. The van der Waals surface area contributed by atoms with Crippen LogP contribution >= 0.6 is 11.6 Å². The number of carbonyl (C=O) groups excluding carboxylic acids is 1. The molecule has 1 atom stereocenters. The molecule has 118 valence electrons. The predicted molar refractivity (Wildman–Crippen MR) is 81.7 cm³/mol. The van der Waals surface area contributed by atoms with Crippen molar-refractivity contribution in [2.75, 3.05) is 6.54 Å². The van der Waals surface area contributed by atoms with E-state index in [1.807, 2.05) is 6.07 Å². The number of aromatic nitrogens is 3. The average molecular weight is 323 g/mol. The van der Waals surface area contributed by atoms with E-state index in [1.54, 1.807) is 22.8 Å². The van der Waals surface area contributed by atoms with Gasteiger partial charge in [0.2, 0.25) is 0 Å². The fraction of sp³-hybridized carbons (Fsp3) is 0.533. The molecular weight excluding hydrogens is 304 g/mol. The van der Waals surface area contributed by atoms with E-state index in [1.165, 1.54) is 0 Å². The largest absolute Gasteiger partial charge is 0.361 e. The second-order valence-electron chi connectivity index (χ2n) is 5.62. The Morgan fingerprint density at radius 3 is 3.05 bits per heavy atom. The Labute approximate surface area is 134 Å². The predicted octanol–water partition coefficient (Wildman–Crippen LogP) is 2.99. The standard InChI is InChI=1S/C15H19ClN4O2/c1-3-5-10-8-12(18-22-10)13-6-4-7-20(13)15(21)14-11(16)9-19(2)17-14/h8-9,13H,3-7H2,1-2H3/t13-/m0/s1. The van der Waals surface area contributed by atoms with E-state index in [9.17, 15) is 4.79 Å². The Balaban J connectivity index is 1.83. The van der Waals surface area contributed by atoms with Gasteiger partial charge in [0.15, 0.2) is 5.69 Å². The number of rotatable bonds is 4. The normalized spacial score (nSPS) is 18.1. The van der Waals surface area contributed by atoms with Crippen LogP contribution in [0.25, 0.3) is 0 Å². The Bertz CT molecular complexity index is 679. The summed E-state index contributed by atoms with van der Waals surface area (Å²) >= 11 is 6.09. The average Bonchev–Trinajstić information content (AvgIpc) is 3.17. The van der Waals surface area contributed by atoms with Crippen LogP contribution in [0.5, 0.6) is 0 Å². The second kappa shape index (κ2) is 6.12. The molecule has 1 aliphatic rings. The van der Waals surface area contributed by atoms with Crippen molar-refractivity contribution >= 4 is 17.5 Å². The number of nitrogens with zero attached hydrogens (tertiary/aromatic N) is 4. The van der Waals surface area contributed by atoms with Gasteiger partial charge < -0.3 is 9.42 Å². The highest BCUT2D eigenvalue weighted by Gasteiger charge is 2.34. The minimum atomic E-state index is -0.145. The zero-order valence-electron chi connectivity index (χ0n) is 12.8. The molecule has 1 fully saturated rings. The number of hydrogen-bond donors (Lipinski definition) is 0. The molecule has 1 saturated heterocycles. The summed E-state index contributed by atoms with van der Waals surface area (Å²) in [6.45, 7) is 2.78. The highest BCUT2D eigenvalue weighted by atomic mass is 35.5. The molecule has 1 amide bonds. The molecule has 0 radical (unpaired) electrons. The fourth-order valence-corrected chi connectivity index (χ4v) is 3.17. The molecular formula is C15H19ClN4O2. The molecule has 0 saturated carbocycles. The lowest BCUT2D eigenvalue weighted by Gasteiger charge is -2.22. The van der Waals surface area contributed by atoms with Gasteiger partial charge in [0.1, 0.15) is 11.5 Å². The summed E-state index contributed by atoms with van der Waals surface area (Å²) in [6, 6.07) is 1.90. The van der Waals surface area contributed by atoms with Crippen molar-refractivity contribution in [1.29, 1.82) is 0 Å². The highest BCUT2D eigenvalue weighted by molar-refractivity contribution is 6.33. The van der Waals surface area contributed by atoms with Crippen LogP contribution in [-0.2, 0) is 13.5 Å². The highest BCUT2D eigenvalue weighted by Crippen LogP contribution is 2.33. The minimum Gasteiger partial charge on any atom is -0.361 e. The van der Waals surface area contributed by atoms with E-state index < -0.39 is 0 Å². The first kappa shape index (κ1) is 15.1. The topological polar surface area (TPSA) is 64.2 Å². The SMILES string of the molecule is CCCc1cc([C@@H]2CCCN2C(=O)c2nn(C)cc2Cl)no1. The quantitative estimate of drug-likeness (QED) is 0.868. The van der Waals surface area contributed by atoms with Crippen molar-refractivity contribution in [1.82, 2.24) is 19.8 Å². The number of halogens is 1. The maximum atomic E-state index is 12.7. The Kier molecular flexibility index (Phi) is 4.20. The third kappa shape index (κ3) is 2.75. The van der Waals surface area contributed by atoms with Crippen molar-refractivity contribution in [3.8, 4) is 0 Å². The van der Waals surface area contributed by atoms with Gasteiger partial charge in [-0.05, 0) is 19.3 Å². The number of aryl methyl sites for hydroxylation is 2. The summed E-state index contributed by atoms with van der Waals surface area (Å²) in [5.41, 5.74) is 1.12. The molecule has 0 aromatic carbocycles. The molecule has 0 bridgehead atoms. The molecule has 1 aliphatic heterocycles. The maximum absolute atomic E-state index is 12.7. The monoisotopic (exact) mass is 322 g/mol. The van der Waals surface area contributed by atoms with E-state index in [4.69, 9.17) is 16.1 Å². The molecule has 7 heteroatoms. The third-order valence-electron chi connectivity index (χ3n) is 3.92. The molecule has 3 rings (SSSR count). The number of hydrogen-bond acceptors (Lipinski definition) is 4. The third-order valence-corrected chi connectivity index (χ3v) is 4.19. The zero-order chi connectivity index (χ0) is 15.7. The van der Waals surface area contributed by atoms with E-state index >= 15 is 0 Å². The van der Waals surface area contributed by atoms with Gasteiger partial charge in [-0.3, -0.25) is 9.48 Å². The number of amides is 1. The molecule has 0 N–H and O–H groups in total. The summed E-state index contributed by atoms with van der Waals surface area (Å²) in [5, 5.41) is 8.69. The summed E-state index contributed by atoms with van der Waals surface area (Å²) in [5.74, 6) is 0.723. The molecule has 0 unspecified atom stereocenters. The lowest BCUT2D eigenvalue weighted by molar-refractivity contribution is 0.0724. The van der Waals surface area contributed by atoms with Crippen LogP contribution in [0.3, 0.4) is 0 Å². The Morgan fingerprint density at radius 1 is 1.55 bits per heavy atom. The van der Waals surface area contributed by atoms with Crippen molar-refractivity contribution in [2.24, 2.45) is 7.05 Å². The van der Waals surface area contributed by atoms with E-state index in [-0.39, 0.29) is 11.9 Å². The first-order chi connectivity index (χ1) is 10.6. The fourth-order valence-electron chi connectivity index (χ4n) is 2.91. The number of carbonyl (C=O) groups is 1. The van der Waals surface area contributed by atoms with Gasteiger partial charge in [-0.25, -0.2) is 0 Å². The van der Waals surface area contributed by atoms with Crippen molar-refractivity contribution < 1.29 is 9.32 Å². The van der Waals surface area contributed by atoms with Crippen LogP contribution in [0.15, 0.2) is 16.8 Å². The van der Waals surface area contributed by atoms with E-state index in [2.05, 4.69) is 17.2 Å². The lowest BCUT2D eigenvalue weighted by Crippen LogP contribution is -2.31. The van der Waals surface area contributed by atoms with Crippen LogP contribution in [0, 0.1) is 0 Å². The van der Waals surface area contributed by atoms with Crippen LogP contribution in [-0.4, -0.2) is 32.3 Å². The molecule has 6 nitrogen and oxygen atoms in total. The van der Waals surface area contributed by atoms with Crippen LogP contribution in [0.4, 0.5) is 0 Å². The first-order valence-corrected chi connectivity index (χ1v) is 7.93. The summed E-state index contributed by atoms with van der Waals surface area (Å²) in [7, 11) is 1.75. The van der Waals surface area contributed by atoms with Gasteiger partial charge in [0.05, 0.1) is 11.1 Å². The smallest absolute Gasteiger partial charge is 0.276 e. The molecule has 22 heavy (non-hydrogen) atoms. The van der Waals surface area contributed by atoms with Crippen molar-refractivity contribution in [2.45, 2.75) is 38.6 Å². The van der Waals surface area contributed by atoms with Gasteiger partial charge in [-0.1, -0.05) is 23.7 Å². The van der Waals surface area contributed by atoms with E-state index in [0.29, 0.717) is 17.3 Å². The summed E-state index contributed by atoms with van der Waals surface area (Å²) in [6.07, 6.45) is 5.33.